The van der Waals surface area contributed by atoms with E-state index in [-0.39, 0.29) is 35.6 Å². The molecule has 0 radical (unpaired) electrons. The minimum Gasteiger partial charge on any atom is -0.478 e. The third-order valence-electron chi connectivity index (χ3n) is 7.12. The van der Waals surface area contributed by atoms with E-state index in [9.17, 15) is 19.5 Å². The number of esters is 1. The van der Waals surface area contributed by atoms with E-state index in [1.807, 2.05) is 58.1 Å². The molecule has 0 unspecified atom stereocenters. The van der Waals surface area contributed by atoms with Crippen LogP contribution in [0.5, 0.6) is 0 Å². The van der Waals surface area contributed by atoms with Crippen LogP contribution in [-0.2, 0) is 19.1 Å². The summed E-state index contributed by atoms with van der Waals surface area (Å²) in [7, 11) is 0. The van der Waals surface area contributed by atoms with Crippen molar-refractivity contribution in [3.63, 3.8) is 0 Å². The minimum absolute atomic E-state index is 0.0360. The van der Waals surface area contributed by atoms with Gasteiger partial charge in [-0.2, -0.15) is 0 Å². The maximum absolute atomic E-state index is 13.0. The lowest BCUT2D eigenvalue weighted by atomic mass is 9.83. The molecular weight excluding hydrogens is 492 g/mol. The number of cyclic esters (lactones) is 1. The van der Waals surface area contributed by atoms with Crippen molar-refractivity contribution in [1.29, 1.82) is 0 Å². The van der Waals surface area contributed by atoms with E-state index in [1.54, 1.807) is 13.8 Å². The van der Waals surface area contributed by atoms with Gasteiger partial charge >= 0.3 is 11.9 Å². The molecule has 6 heteroatoms. The highest BCUT2D eigenvalue weighted by atomic mass is 16.5. The van der Waals surface area contributed by atoms with Crippen molar-refractivity contribution < 1.29 is 29.3 Å². The molecule has 0 saturated heterocycles. The van der Waals surface area contributed by atoms with E-state index in [0.29, 0.717) is 17.9 Å². The van der Waals surface area contributed by atoms with Gasteiger partial charge in [0.1, 0.15) is 11.9 Å². The zero-order chi connectivity index (χ0) is 29.7. The Morgan fingerprint density at radius 3 is 2.38 bits per heavy atom. The first kappa shape index (κ1) is 34.0. The Labute approximate surface area is 234 Å². The second-order valence-electron chi connectivity index (χ2n) is 11.1. The third kappa shape index (κ3) is 12.6. The van der Waals surface area contributed by atoms with E-state index in [2.05, 4.69) is 26.0 Å². The lowest BCUT2D eigenvalue weighted by Crippen LogP contribution is -2.34. The number of carbonyl (C=O) groups is 3. The minimum atomic E-state index is -1.01. The molecule has 0 bridgehead atoms. The highest BCUT2D eigenvalue weighted by molar-refractivity contribution is 5.85. The van der Waals surface area contributed by atoms with Crippen LogP contribution in [0.15, 0.2) is 71.4 Å². The zero-order valence-electron chi connectivity index (χ0n) is 24.9. The quantitative estimate of drug-likeness (QED) is 0.135. The van der Waals surface area contributed by atoms with Crippen LogP contribution in [0, 0.1) is 29.6 Å². The van der Waals surface area contributed by atoms with Gasteiger partial charge in [0.15, 0.2) is 0 Å². The Kier molecular flexibility index (Phi) is 14.7. The molecule has 0 aromatic heterocycles. The second kappa shape index (κ2) is 16.9. The molecule has 7 atom stereocenters. The number of aliphatic hydroxyl groups excluding tert-OH is 1. The van der Waals surface area contributed by atoms with Crippen molar-refractivity contribution >= 4 is 17.7 Å². The van der Waals surface area contributed by atoms with Gasteiger partial charge in [-0.3, -0.25) is 4.79 Å². The summed E-state index contributed by atoms with van der Waals surface area (Å²) in [5, 5.41) is 19.6. The first-order valence-corrected chi connectivity index (χ1v) is 14.0. The Hall–Kier alpha value is -2.99. The second-order valence-corrected chi connectivity index (χ2v) is 11.1. The Morgan fingerprint density at radius 2 is 1.77 bits per heavy atom. The number of rotatable bonds is 15. The van der Waals surface area contributed by atoms with Gasteiger partial charge in [0.25, 0.3) is 0 Å². The number of carboxylic acids is 1. The summed E-state index contributed by atoms with van der Waals surface area (Å²) in [6.07, 6.45) is 17.8. The zero-order valence-corrected chi connectivity index (χ0v) is 24.9. The molecule has 1 aliphatic rings. The van der Waals surface area contributed by atoms with Crippen LogP contribution in [0.1, 0.15) is 74.7 Å². The number of ketones is 1. The lowest BCUT2D eigenvalue weighted by Gasteiger charge is -2.25. The van der Waals surface area contributed by atoms with Gasteiger partial charge in [0.2, 0.25) is 0 Å². The fourth-order valence-corrected chi connectivity index (χ4v) is 4.75. The molecule has 0 fully saturated rings. The Bertz CT molecular complexity index is 1020. The Balaban J connectivity index is 2.69. The van der Waals surface area contributed by atoms with Crippen LogP contribution in [-0.4, -0.2) is 40.1 Å². The molecule has 0 amide bonds. The average Bonchev–Trinajstić information content (AvgIpc) is 2.86. The van der Waals surface area contributed by atoms with Crippen LogP contribution >= 0.6 is 0 Å². The monoisotopic (exact) mass is 540 g/mol. The molecular formula is C33H48O6. The SMILES string of the molecule is CCC(/C=C/[C@@H]1OC(=O)C=C[C@@H]1C)=C\[C@H](C)C/C=C/C(C)=C\[C@@H](C)C(=O)[C@@H](C)[C@H](O)[C@@H](C)C/C(C)=C/C(=O)O. The number of Topliss-reactive ketones (excluding diaryl/α,β-unsaturated/α-hetero) is 1. The van der Waals surface area contributed by atoms with Crippen molar-refractivity contribution in [2.75, 3.05) is 0 Å². The van der Waals surface area contributed by atoms with E-state index in [4.69, 9.17) is 9.84 Å². The number of hydrogen-bond donors (Lipinski definition) is 2. The summed E-state index contributed by atoms with van der Waals surface area (Å²) < 4.78 is 5.39. The molecule has 1 aliphatic heterocycles. The van der Waals surface area contributed by atoms with Crippen LogP contribution in [0.3, 0.4) is 0 Å². The molecule has 1 rings (SSSR count). The van der Waals surface area contributed by atoms with Crippen molar-refractivity contribution in [2.45, 2.75) is 86.9 Å². The normalized spacial score (nSPS) is 23.0. The highest BCUT2D eigenvalue weighted by Crippen LogP contribution is 2.24. The van der Waals surface area contributed by atoms with Gasteiger partial charge in [0, 0.05) is 29.9 Å². The first-order chi connectivity index (χ1) is 18.2. The molecule has 0 spiro atoms. The third-order valence-corrected chi connectivity index (χ3v) is 7.12. The van der Waals surface area contributed by atoms with Crippen LogP contribution < -0.4 is 0 Å². The number of aliphatic carboxylic acids is 1. The van der Waals surface area contributed by atoms with Gasteiger partial charge in [-0.25, -0.2) is 9.59 Å². The van der Waals surface area contributed by atoms with Crippen LogP contribution in [0.2, 0.25) is 0 Å². The number of carbonyl (C=O) groups excluding carboxylic acids is 2. The van der Waals surface area contributed by atoms with E-state index >= 15 is 0 Å². The topological polar surface area (TPSA) is 101 Å². The van der Waals surface area contributed by atoms with Crippen LogP contribution in [0.4, 0.5) is 0 Å². The van der Waals surface area contributed by atoms with E-state index < -0.39 is 18.0 Å². The molecule has 0 aliphatic carbocycles. The smallest absolute Gasteiger partial charge is 0.331 e. The molecule has 0 aromatic rings. The van der Waals surface area contributed by atoms with Crippen molar-refractivity contribution in [2.24, 2.45) is 29.6 Å². The maximum Gasteiger partial charge on any atom is 0.331 e. The number of ether oxygens (including phenoxy) is 1. The predicted octanol–water partition coefficient (Wildman–Crippen LogP) is 6.78. The summed E-state index contributed by atoms with van der Waals surface area (Å²) in [4.78, 5) is 35.3. The number of allylic oxidation sites excluding steroid dienone is 8. The highest BCUT2D eigenvalue weighted by Gasteiger charge is 2.29. The summed E-state index contributed by atoms with van der Waals surface area (Å²) in [5.41, 5.74) is 2.84. The van der Waals surface area contributed by atoms with Gasteiger partial charge < -0.3 is 14.9 Å². The van der Waals surface area contributed by atoms with Gasteiger partial charge in [-0.15, -0.1) is 0 Å². The van der Waals surface area contributed by atoms with Crippen molar-refractivity contribution in [3.8, 4) is 0 Å². The number of carboxylic acid groups (broad SMARTS) is 1. The fraction of sp³-hybridized carbons (Fsp3) is 0.545. The van der Waals surface area contributed by atoms with Gasteiger partial charge in [-0.05, 0) is 51.0 Å². The number of aliphatic hydroxyl groups is 1. The van der Waals surface area contributed by atoms with Gasteiger partial charge in [-0.1, -0.05) is 94.7 Å². The maximum atomic E-state index is 13.0. The first-order valence-electron chi connectivity index (χ1n) is 14.0. The largest absolute Gasteiger partial charge is 0.478 e. The molecule has 2 N–H and O–H groups in total. The van der Waals surface area contributed by atoms with Gasteiger partial charge in [0.05, 0.1) is 6.10 Å². The van der Waals surface area contributed by atoms with Crippen molar-refractivity contribution in [1.82, 2.24) is 0 Å². The average molecular weight is 541 g/mol. The molecule has 1 heterocycles. The summed E-state index contributed by atoms with van der Waals surface area (Å²) in [6.45, 7) is 15.4. The fourth-order valence-electron chi connectivity index (χ4n) is 4.75. The van der Waals surface area contributed by atoms with E-state index in [1.165, 1.54) is 11.6 Å². The lowest BCUT2D eigenvalue weighted by molar-refractivity contribution is -0.143. The number of hydrogen-bond acceptors (Lipinski definition) is 5. The van der Waals surface area contributed by atoms with E-state index in [0.717, 1.165) is 24.5 Å². The standard InChI is InChI=1S/C33H48O6/c1-9-28(14-15-29-24(5)13-16-31(36)39-29)19-22(3)12-10-11-21(2)17-25(6)32(37)27(8)33(38)26(7)18-23(4)20-30(34)35/h10-11,13-17,19-20,22,24-27,29,33,38H,9,12,18H2,1-8H3,(H,34,35)/b11-10+,15-14+,21-17-,23-20+,28-19+/t22-,24+,25-,26+,27-,29+,33-/m1/s1. The summed E-state index contributed by atoms with van der Waals surface area (Å²) in [6, 6.07) is 0. The molecule has 0 aromatic carbocycles. The summed E-state index contributed by atoms with van der Waals surface area (Å²) >= 11 is 0. The predicted molar refractivity (Wildman–Crippen MR) is 157 cm³/mol. The van der Waals surface area contributed by atoms with Crippen LogP contribution in [0.25, 0.3) is 0 Å². The molecule has 0 saturated carbocycles. The Morgan fingerprint density at radius 1 is 1.10 bits per heavy atom. The van der Waals surface area contributed by atoms with Crippen molar-refractivity contribution in [3.05, 3.63) is 71.4 Å². The molecule has 6 nitrogen and oxygen atoms in total. The molecule has 39 heavy (non-hydrogen) atoms. The molecule has 216 valence electrons. The summed E-state index contributed by atoms with van der Waals surface area (Å²) in [5.74, 6) is -2.01.